The zero-order chi connectivity index (χ0) is 31.0. The van der Waals surface area contributed by atoms with E-state index < -0.39 is 21.6 Å². The molecule has 3 aromatic carbocycles. The van der Waals surface area contributed by atoms with E-state index in [9.17, 15) is 20.2 Å². The lowest BCUT2D eigenvalue weighted by molar-refractivity contribution is -0.393. The Morgan fingerprint density at radius 1 is 1.02 bits per heavy atom. The van der Waals surface area contributed by atoms with E-state index in [1.807, 2.05) is 66.4 Å². The molecule has 0 bridgehead atoms. The first-order valence-electron chi connectivity index (χ1n) is 13.4. The van der Waals surface area contributed by atoms with E-state index in [0.717, 1.165) is 17.2 Å². The second kappa shape index (κ2) is 11.6. The smallest absolute Gasteiger partial charge is 0.301 e. The number of thioether (sulfide) groups is 1. The lowest BCUT2D eigenvalue weighted by Crippen LogP contribution is -2.32. The Hall–Kier alpha value is -5.50. The van der Waals surface area contributed by atoms with Crippen molar-refractivity contribution in [1.82, 2.24) is 5.16 Å². The van der Waals surface area contributed by atoms with Crippen molar-refractivity contribution in [2.24, 2.45) is 10.1 Å². The maximum absolute atomic E-state index is 12.2. The maximum Gasteiger partial charge on any atom is 0.301 e. The van der Waals surface area contributed by atoms with Gasteiger partial charge in [-0.15, -0.1) is 0 Å². The Kier molecular flexibility index (Phi) is 7.57. The van der Waals surface area contributed by atoms with Gasteiger partial charge in [-0.2, -0.15) is 5.10 Å². The van der Waals surface area contributed by atoms with Gasteiger partial charge in [-0.3, -0.25) is 30.1 Å². The molecule has 6 rings (SSSR count). The van der Waals surface area contributed by atoms with Crippen LogP contribution < -0.4 is 14.6 Å². The summed E-state index contributed by atoms with van der Waals surface area (Å²) in [6.45, 7) is 1.82. The van der Waals surface area contributed by atoms with Crippen molar-refractivity contribution in [1.29, 1.82) is 0 Å². The molecule has 0 N–H and O–H groups in total. The van der Waals surface area contributed by atoms with Crippen LogP contribution in [0.5, 0.6) is 5.75 Å². The van der Waals surface area contributed by atoms with Crippen LogP contribution in [0.3, 0.4) is 0 Å². The minimum Gasteiger partial charge on any atom is -0.497 e. The van der Waals surface area contributed by atoms with Crippen LogP contribution in [0.2, 0.25) is 0 Å². The lowest BCUT2D eigenvalue weighted by Gasteiger charge is -2.26. The van der Waals surface area contributed by atoms with Crippen LogP contribution in [0, 0.1) is 27.2 Å². The van der Waals surface area contributed by atoms with Gasteiger partial charge >= 0.3 is 5.69 Å². The van der Waals surface area contributed by atoms with Crippen LogP contribution in [0.1, 0.15) is 28.6 Å². The first-order chi connectivity index (χ1) is 21.3. The zero-order valence-corrected chi connectivity index (χ0v) is 24.5. The number of nitro groups is 2. The highest BCUT2D eigenvalue weighted by Gasteiger charge is 2.51. The third-order valence-corrected chi connectivity index (χ3v) is 8.54. The van der Waals surface area contributed by atoms with Gasteiger partial charge in [0.2, 0.25) is 0 Å². The molecule has 13 nitrogen and oxygen atoms in total. The molecule has 2 aliphatic rings. The van der Waals surface area contributed by atoms with Crippen molar-refractivity contribution in [3.05, 3.63) is 116 Å². The Morgan fingerprint density at radius 2 is 1.77 bits per heavy atom. The topological polar surface area (TPSA) is 153 Å². The van der Waals surface area contributed by atoms with Crippen molar-refractivity contribution in [3.63, 3.8) is 0 Å². The van der Waals surface area contributed by atoms with Gasteiger partial charge in [0.05, 0.1) is 34.3 Å². The first-order valence-corrected chi connectivity index (χ1v) is 14.3. The van der Waals surface area contributed by atoms with Crippen LogP contribution in [0.15, 0.2) is 87.4 Å². The molecule has 0 aliphatic carbocycles. The van der Waals surface area contributed by atoms with Gasteiger partial charge in [-0.05, 0) is 42.3 Å². The fraction of sp³-hybridized carbons (Fsp3) is 0.167. The zero-order valence-electron chi connectivity index (χ0n) is 23.7. The van der Waals surface area contributed by atoms with Crippen molar-refractivity contribution in [2.75, 3.05) is 24.1 Å². The van der Waals surface area contributed by atoms with Gasteiger partial charge in [-0.1, -0.05) is 65.5 Å². The molecule has 1 aromatic heterocycles. The quantitative estimate of drug-likeness (QED) is 0.160. The molecule has 3 heterocycles. The summed E-state index contributed by atoms with van der Waals surface area (Å²) in [5.74, 6) is 1.69. The van der Waals surface area contributed by atoms with Crippen LogP contribution in [-0.4, -0.2) is 45.4 Å². The van der Waals surface area contributed by atoms with Crippen LogP contribution >= 0.6 is 11.8 Å². The largest absolute Gasteiger partial charge is 0.497 e. The molecule has 0 amide bonds. The molecule has 14 heteroatoms. The van der Waals surface area contributed by atoms with E-state index in [2.05, 4.69) is 10.1 Å². The number of ether oxygens (including phenoxy) is 1. The maximum atomic E-state index is 12.2. The van der Waals surface area contributed by atoms with Crippen molar-refractivity contribution < 1.29 is 19.1 Å². The highest BCUT2D eigenvalue weighted by Crippen LogP contribution is 2.50. The summed E-state index contributed by atoms with van der Waals surface area (Å²) >= 11 is 1.45. The standard InChI is InChI=1S/C30H25N7O6S/c1-18-26(25(43-33-18)16-9-19-7-5-4-6-8-19)34-29-28(44-30(34)31-2)27(20-10-13-22(42-3)14-11-20)35(32-29)23-15-12-21(36(38)39)17-24(23)37(40)41/h4-17,27-28H,1-3H3/b16-9+,31-30?/t27-,28-/m1/s1. The van der Waals surface area contributed by atoms with E-state index in [0.29, 0.717) is 33.9 Å². The Bertz CT molecular complexity index is 1840. The molecule has 0 radical (unpaired) electrons. The molecule has 0 spiro atoms. The summed E-state index contributed by atoms with van der Waals surface area (Å²) in [4.78, 5) is 28.7. The summed E-state index contributed by atoms with van der Waals surface area (Å²) < 4.78 is 11.1. The summed E-state index contributed by atoms with van der Waals surface area (Å²) in [5.41, 5.74) is 2.31. The fourth-order valence-corrected chi connectivity index (χ4v) is 6.48. The highest BCUT2D eigenvalue weighted by molar-refractivity contribution is 8.16. The summed E-state index contributed by atoms with van der Waals surface area (Å²) in [5, 5.41) is 34.6. The molecule has 0 saturated carbocycles. The Balaban J connectivity index is 1.50. The predicted octanol–water partition coefficient (Wildman–Crippen LogP) is 6.46. The molecular weight excluding hydrogens is 586 g/mol. The SMILES string of the molecule is CN=C1S[C@H]2C(=NN(c3ccc([N+](=O)[O-])cc3[N+](=O)[O-])[C@@H]2c2ccc(OC)cc2)N1c1c(C)noc1/C=C/c1ccccc1. The number of hydrogen-bond donors (Lipinski definition) is 0. The Morgan fingerprint density at radius 3 is 2.43 bits per heavy atom. The normalized spacial score (nSPS) is 18.6. The predicted molar refractivity (Wildman–Crippen MR) is 169 cm³/mol. The minimum absolute atomic E-state index is 0.116. The van der Waals surface area contributed by atoms with Crippen LogP contribution in [-0.2, 0) is 0 Å². The number of aromatic nitrogens is 1. The van der Waals surface area contributed by atoms with Crippen LogP contribution in [0.25, 0.3) is 12.2 Å². The van der Waals surface area contributed by atoms with E-state index >= 15 is 0 Å². The van der Waals surface area contributed by atoms with Gasteiger partial charge in [0.25, 0.3) is 5.69 Å². The number of methoxy groups -OCH3 is 1. The number of hydrogen-bond acceptors (Lipinski definition) is 11. The van der Waals surface area contributed by atoms with E-state index in [1.165, 1.54) is 23.9 Å². The number of rotatable bonds is 8. The van der Waals surface area contributed by atoms with Crippen molar-refractivity contribution in [3.8, 4) is 5.75 Å². The average Bonchev–Trinajstić information content (AvgIpc) is 3.70. The summed E-state index contributed by atoms with van der Waals surface area (Å²) in [6, 6.07) is 20.1. The molecule has 1 saturated heterocycles. The third-order valence-electron chi connectivity index (χ3n) is 7.24. The molecule has 222 valence electrons. The summed E-state index contributed by atoms with van der Waals surface area (Å²) in [7, 11) is 3.25. The molecule has 2 atom stereocenters. The average molecular weight is 612 g/mol. The number of nitrogens with zero attached hydrogens (tertiary/aromatic N) is 7. The van der Waals surface area contributed by atoms with Gasteiger partial charge in [0, 0.05) is 13.1 Å². The molecule has 2 aliphatic heterocycles. The van der Waals surface area contributed by atoms with Gasteiger partial charge in [-0.25, -0.2) is 5.01 Å². The molecule has 1 fully saturated rings. The second-order valence-corrected chi connectivity index (χ2v) is 10.9. The third kappa shape index (κ3) is 5.04. The van der Waals surface area contributed by atoms with E-state index in [1.54, 1.807) is 31.3 Å². The van der Waals surface area contributed by atoms with Gasteiger partial charge in [0.15, 0.2) is 16.8 Å². The van der Waals surface area contributed by atoms with E-state index in [4.69, 9.17) is 14.4 Å². The van der Waals surface area contributed by atoms with Crippen LogP contribution in [0.4, 0.5) is 22.7 Å². The lowest BCUT2D eigenvalue weighted by atomic mass is 10.0. The summed E-state index contributed by atoms with van der Waals surface area (Å²) in [6.07, 6.45) is 3.74. The van der Waals surface area contributed by atoms with Gasteiger partial charge < -0.3 is 9.26 Å². The number of amidine groups is 2. The second-order valence-electron chi connectivity index (χ2n) is 9.81. The molecule has 4 aromatic rings. The highest BCUT2D eigenvalue weighted by atomic mass is 32.2. The minimum atomic E-state index is -0.664. The number of aliphatic imine (C=N–C) groups is 1. The number of nitro benzene ring substituents is 2. The number of anilines is 2. The fourth-order valence-electron chi connectivity index (χ4n) is 5.20. The van der Waals surface area contributed by atoms with Crippen molar-refractivity contribution >= 4 is 57.7 Å². The number of hydrazone groups is 1. The Labute approximate surface area is 255 Å². The van der Waals surface area contributed by atoms with Crippen molar-refractivity contribution in [2.45, 2.75) is 18.2 Å². The molecular formula is C30H25N7O6S. The number of fused-ring (bicyclic) bond motifs is 1. The molecule has 44 heavy (non-hydrogen) atoms. The monoisotopic (exact) mass is 611 g/mol. The number of benzene rings is 3. The molecule has 0 unspecified atom stereocenters. The number of aryl methyl sites for hydroxylation is 1. The van der Waals surface area contributed by atoms with Gasteiger partial charge in [0.1, 0.15) is 22.8 Å². The number of non-ortho nitro benzene ring substituents is 1. The van der Waals surface area contributed by atoms with E-state index in [-0.39, 0.29) is 16.6 Å². The first kappa shape index (κ1) is 28.6.